The number of amidine groups is 1. The first-order valence-corrected chi connectivity index (χ1v) is 5.51. The number of halogens is 1. The van der Waals surface area contributed by atoms with Gasteiger partial charge >= 0.3 is 0 Å². The minimum Gasteiger partial charge on any atom is -0.322 e. The van der Waals surface area contributed by atoms with Gasteiger partial charge in [-0.3, -0.25) is 5.41 Å². The molecule has 0 unspecified atom stereocenters. The highest BCUT2D eigenvalue weighted by Crippen LogP contribution is 2.25. The summed E-state index contributed by atoms with van der Waals surface area (Å²) in [4.78, 5) is 1.91. The molecule has 1 rings (SSSR count). The van der Waals surface area contributed by atoms with Crippen LogP contribution in [0.2, 0.25) is 5.02 Å². The number of anilines is 1. The number of hydrogen-bond donors (Lipinski definition) is 1. The molecular weight excluding hydrogens is 220 g/mol. The third-order valence-electron chi connectivity index (χ3n) is 2.19. The van der Waals surface area contributed by atoms with Crippen molar-refractivity contribution in [2.24, 2.45) is 0 Å². The molecule has 0 aliphatic carbocycles. The van der Waals surface area contributed by atoms with Crippen molar-refractivity contribution >= 4 is 23.1 Å². The van der Waals surface area contributed by atoms with E-state index >= 15 is 0 Å². The van der Waals surface area contributed by atoms with Gasteiger partial charge in [0.15, 0.2) is 0 Å². The van der Waals surface area contributed by atoms with Crippen molar-refractivity contribution in [2.75, 3.05) is 4.90 Å². The lowest BCUT2D eigenvalue weighted by atomic mass is 10.0. The summed E-state index contributed by atoms with van der Waals surface area (Å²) >= 11 is 5.85. The van der Waals surface area contributed by atoms with E-state index in [0.717, 1.165) is 5.69 Å². The molecule has 3 heteroatoms. The fourth-order valence-corrected chi connectivity index (χ4v) is 1.70. The summed E-state index contributed by atoms with van der Waals surface area (Å²) in [7, 11) is 0. The normalized spacial score (nSPS) is 11.0. The first-order chi connectivity index (χ1) is 7.36. The fourth-order valence-electron chi connectivity index (χ4n) is 1.57. The Morgan fingerprint density at radius 1 is 1.31 bits per heavy atom. The predicted octanol–water partition coefficient (Wildman–Crippen LogP) is 4.11. The van der Waals surface area contributed by atoms with Gasteiger partial charge < -0.3 is 4.90 Å². The second kappa shape index (κ2) is 4.71. The van der Waals surface area contributed by atoms with Crippen LogP contribution in [0, 0.1) is 5.41 Å². The zero-order valence-electron chi connectivity index (χ0n) is 9.92. The van der Waals surface area contributed by atoms with Gasteiger partial charge in [-0.15, -0.1) is 0 Å². The second-order valence-electron chi connectivity index (χ2n) is 4.57. The Hall–Kier alpha value is -1.28. The van der Waals surface area contributed by atoms with E-state index in [1.807, 2.05) is 29.2 Å². The fraction of sp³-hybridized carbons (Fsp3) is 0.308. The van der Waals surface area contributed by atoms with E-state index in [-0.39, 0.29) is 5.54 Å². The van der Waals surface area contributed by atoms with Gasteiger partial charge in [-0.1, -0.05) is 18.2 Å². The zero-order chi connectivity index (χ0) is 12.3. The molecule has 0 amide bonds. The Kier molecular flexibility index (Phi) is 3.76. The van der Waals surface area contributed by atoms with Crippen LogP contribution in [0.5, 0.6) is 0 Å². The summed E-state index contributed by atoms with van der Waals surface area (Å²) in [5, 5.41) is 8.61. The third-order valence-corrected chi connectivity index (χ3v) is 2.44. The van der Waals surface area contributed by atoms with Crippen LogP contribution >= 0.6 is 11.6 Å². The van der Waals surface area contributed by atoms with E-state index in [1.54, 1.807) is 6.08 Å². The average Bonchev–Trinajstić information content (AvgIpc) is 2.19. The van der Waals surface area contributed by atoms with Crippen LogP contribution < -0.4 is 4.90 Å². The van der Waals surface area contributed by atoms with Gasteiger partial charge in [0.2, 0.25) is 0 Å². The van der Waals surface area contributed by atoms with Crippen molar-refractivity contribution in [3.8, 4) is 0 Å². The quantitative estimate of drug-likeness (QED) is 0.607. The Balaban J connectivity index is 3.16. The molecule has 0 aliphatic heterocycles. The van der Waals surface area contributed by atoms with Crippen LogP contribution in [0.1, 0.15) is 20.8 Å². The van der Waals surface area contributed by atoms with Crippen LogP contribution in [0.3, 0.4) is 0 Å². The smallest absolute Gasteiger partial charge is 0.124 e. The molecule has 0 heterocycles. The summed E-state index contributed by atoms with van der Waals surface area (Å²) in [6.45, 7) is 9.81. The molecule has 0 spiro atoms. The Bertz CT molecular complexity index is 387. The van der Waals surface area contributed by atoms with Crippen molar-refractivity contribution in [1.29, 1.82) is 5.41 Å². The SMILES string of the molecule is C=CC(=N)N(c1ccc(Cl)cc1)C(C)(C)C. The Morgan fingerprint density at radius 3 is 2.19 bits per heavy atom. The maximum Gasteiger partial charge on any atom is 0.124 e. The minimum absolute atomic E-state index is 0.168. The van der Waals surface area contributed by atoms with Gasteiger partial charge in [-0.25, -0.2) is 0 Å². The first-order valence-electron chi connectivity index (χ1n) is 5.13. The molecule has 86 valence electrons. The molecule has 1 N–H and O–H groups in total. The Morgan fingerprint density at radius 2 is 1.81 bits per heavy atom. The molecule has 0 fully saturated rings. The van der Waals surface area contributed by atoms with Gasteiger partial charge in [0, 0.05) is 16.2 Å². The molecule has 0 saturated heterocycles. The van der Waals surface area contributed by atoms with Gasteiger partial charge in [0.1, 0.15) is 5.84 Å². The lowest BCUT2D eigenvalue weighted by Gasteiger charge is -2.36. The largest absolute Gasteiger partial charge is 0.322 e. The summed E-state index contributed by atoms with van der Waals surface area (Å²) in [5.41, 5.74) is 0.779. The number of rotatable bonds is 2. The van der Waals surface area contributed by atoms with Crippen LogP contribution in [0.15, 0.2) is 36.9 Å². The lowest BCUT2D eigenvalue weighted by molar-refractivity contribution is 0.571. The first kappa shape index (κ1) is 12.8. The van der Waals surface area contributed by atoms with E-state index in [2.05, 4.69) is 27.4 Å². The van der Waals surface area contributed by atoms with E-state index in [1.165, 1.54) is 0 Å². The molecule has 0 aromatic heterocycles. The molecule has 1 aromatic rings. The van der Waals surface area contributed by atoms with E-state index in [0.29, 0.717) is 10.9 Å². The molecule has 0 radical (unpaired) electrons. The molecule has 16 heavy (non-hydrogen) atoms. The molecule has 0 aliphatic rings. The number of nitrogens with one attached hydrogen (secondary N) is 1. The monoisotopic (exact) mass is 236 g/mol. The molecule has 1 aromatic carbocycles. The predicted molar refractivity (Wildman–Crippen MR) is 71.6 cm³/mol. The van der Waals surface area contributed by atoms with Crippen LogP contribution in [-0.4, -0.2) is 11.4 Å². The third kappa shape index (κ3) is 2.86. The second-order valence-corrected chi connectivity index (χ2v) is 5.01. The number of hydrogen-bond acceptors (Lipinski definition) is 1. The molecule has 0 bridgehead atoms. The van der Waals surface area contributed by atoms with Gasteiger partial charge in [0.25, 0.3) is 0 Å². The highest BCUT2D eigenvalue weighted by Gasteiger charge is 2.23. The Labute approximate surface area is 102 Å². The molecular formula is C13H17ClN2. The molecule has 2 nitrogen and oxygen atoms in total. The van der Waals surface area contributed by atoms with Gasteiger partial charge in [0.05, 0.1) is 0 Å². The maximum absolute atomic E-state index is 7.92. The summed E-state index contributed by atoms with van der Waals surface area (Å²) in [5.74, 6) is 0.384. The minimum atomic E-state index is -0.168. The van der Waals surface area contributed by atoms with Gasteiger partial charge in [-0.05, 0) is 51.1 Å². The molecule has 0 saturated carbocycles. The zero-order valence-corrected chi connectivity index (χ0v) is 10.7. The van der Waals surface area contributed by atoms with Crippen molar-refractivity contribution in [3.05, 3.63) is 41.9 Å². The highest BCUT2D eigenvalue weighted by molar-refractivity contribution is 6.30. The van der Waals surface area contributed by atoms with Crippen molar-refractivity contribution in [3.63, 3.8) is 0 Å². The van der Waals surface area contributed by atoms with Gasteiger partial charge in [-0.2, -0.15) is 0 Å². The summed E-state index contributed by atoms with van der Waals surface area (Å²) in [6, 6.07) is 7.47. The van der Waals surface area contributed by atoms with Crippen LogP contribution in [0.4, 0.5) is 5.69 Å². The van der Waals surface area contributed by atoms with E-state index in [9.17, 15) is 0 Å². The van der Waals surface area contributed by atoms with Crippen LogP contribution in [-0.2, 0) is 0 Å². The summed E-state index contributed by atoms with van der Waals surface area (Å²) < 4.78 is 0. The molecule has 0 atom stereocenters. The standard InChI is InChI=1S/C13H17ClN2/c1-5-12(15)16(13(2,3)4)11-8-6-10(14)7-9-11/h5-9,15H,1H2,2-4H3. The topological polar surface area (TPSA) is 27.1 Å². The van der Waals surface area contributed by atoms with Crippen molar-refractivity contribution in [2.45, 2.75) is 26.3 Å². The number of benzene rings is 1. The lowest BCUT2D eigenvalue weighted by Crippen LogP contribution is -2.44. The highest BCUT2D eigenvalue weighted by atomic mass is 35.5. The number of nitrogens with zero attached hydrogens (tertiary/aromatic N) is 1. The maximum atomic E-state index is 7.92. The average molecular weight is 237 g/mol. The van der Waals surface area contributed by atoms with Crippen LogP contribution in [0.25, 0.3) is 0 Å². The van der Waals surface area contributed by atoms with Crippen molar-refractivity contribution in [1.82, 2.24) is 0 Å². The van der Waals surface area contributed by atoms with E-state index < -0.39 is 0 Å². The van der Waals surface area contributed by atoms with Crippen molar-refractivity contribution < 1.29 is 0 Å². The summed E-state index contributed by atoms with van der Waals surface area (Å²) in [6.07, 6.45) is 1.54. The van der Waals surface area contributed by atoms with E-state index in [4.69, 9.17) is 17.0 Å².